The SMILES string of the molecule is COc1ccc(C2CC(c3ccccc3)=NN2C(=O)COC(=O)c2cnn(C)c2C)cc1. The van der Waals surface area contributed by atoms with Gasteiger partial charge in [-0.05, 0) is 30.2 Å². The predicted molar refractivity (Wildman–Crippen MR) is 118 cm³/mol. The maximum Gasteiger partial charge on any atom is 0.342 e. The van der Waals surface area contributed by atoms with Crippen LogP contribution in [0.1, 0.15) is 39.6 Å². The van der Waals surface area contributed by atoms with Crippen molar-refractivity contribution >= 4 is 17.6 Å². The van der Waals surface area contributed by atoms with Crippen molar-refractivity contribution in [3.05, 3.63) is 83.2 Å². The Labute approximate surface area is 186 Å². The summed E-state index contributed by atoms with van der Waals surface area (Å²) in [6, 6.07) is 17.0. The number of carbonyl (C=O) groups is 2. The number of methoxy groups -OCH3 is 1. The standard InChI is InChI=1S/C24H24N4O4/c1-16-20(14-25-27(16)2)24(30)32-15-23(29)28-22(18-9-11-19(31-3)12-10-18)13-21(26-28)17-7-5-4-6-8-17/h4-12,14,22H,13,15H2,1-3H3. The number of hydrazone groups is 1. The van der Waals surface area contributed by atoms with Gasteiger partial charge in [-0.3, -0.25) is 9.48 Å². The van der Waals surface area contributed by atoms with Crippen LogP contribution in [0.15, 0.2) is 65.9 Å². The summed E-state index contributed by atoms with van der Waals surface area (Å²) in [7, 11) is 3.34. The highest BCUT2D eigenvalue weighted by Gasteiger charge is 2.33. The third kappa shape index (κ3) is 4.25. The predicted octanol–water partition coefficient (Wildman–Crippen LogP) is 3.27. The van der Waals surface area contributed by atoms with Crippen LogP contribution in [0, 0.1) is 6.92 Å². The lowest BCUT2D eigenvalue weighted by Gasteiger charge is -2.22. The maximum absolute atomic E-state index is 13.1. The van der Waals surface area contributed by atoms with Crippen molar-refractivity contribution in [3.8, 4) is 5.75 Å². The second-order valence-electron chi connectivity index (χ2n) is 7.49. The number of carbonyl (C=O) groups excluding carboxylic acids is 2. The van der Waals surface area contributed by atoms with Gasteiger partial charge in [0.05, 0.1) is 25.1 Å². The lowest BCUT2D eigenvalue weighted by molar-refractivity contribution is -0.136. The molecule has 0 fully saturated rings. The largest absolute Gasteiger partial charge is 0.497 e. The molecule has 0 saturated carbocycles. The van der Waals surface area contributed by atoms with Crippen molar-refractivity contribution in [2.24, 2.45) is 12.1 Å². The molecule has 2 aromatic carbocycles. The molecule has 1 aromatic heterocycles. The minimum absolute atomic E-state index is 0.303. The van der Waals surface area contributed by atoms with Gasteiger partial charge in [-0.25, -0.2) is 9.80 Å². The Balaban J connectivity index is 1.55. The van der Waals surface area contributed by atoms with Crippen molar-refractivity contribution in [1.29, 1.82) is 0 Å². The highest BCUT2D eigenvalue weighted by Crippen LogP contribution is 2.33. The van der Waals surface area contributed by atoms with Gasteiger partial charge in [0.25, 0.3) is 5.91 Å². The smallest absolute Gasteiger partial charge is 0.342 e. The van der Waals surface area contributed by atoms with E-state index in [0.29, 0.717) is 17.7 Å². The van der Waals surface area contributed by atoms with Crippen LogP contribution in [0.3, 0.4) is 0 Å². The van der Waals surface area contributed by atoms with Gasteiger partial charge >= 0.3 is 5.97 Å². The minimum Gasteiger partial charge on any atom is -0.497 e. The number of hydrogen-bond acceptors (Lipinski definition) is 6. The van der Waals surface area contributed by atoms with Crippen molar-refractivity contribution in [1.82, 2.24) is 14.8 Å². The Kier molecular flexibility index (Phi) is 6.02. The van der Waals surface area contributed by atoms with Crippen LogP contribution >= 0.6 is 0 Å². The van der Waals surface area contributed by atoms with Gasteiger partial charge < -0.3 is 9.47 Å². The number of hydrogen-bond donors (Lipinski definition) is 0. The molecule has 2 heterocycles. The van der Waals surface area contributed by atoms with Gasteiger partial charge in [0.1, 0.15) is 11.3 Å². The summed E-state index contributed by atoms with van der Waals surface area (Å²) in [4.78, 5) is 25.5. The molecule has 0 N–H and O–H groups in total. The quantitative estimate of drug-likeness (QED) is 0.558. The van der Waals surface area contributed by atoms with E-state index >= 15 is 0 Å². The molecule has 1 amide bonds. The molecule has 1 atom stereocenters. The minimum atomic E-state index is -0.587. The third-order valence-electron chi connectivity index (χ3n) is 5.56. The second kappa shape index (κ2) is 9.05. The number of benzene rings is 2. The fourth-order valence-electron chi connectivity index (χ4n) is 3.60. The average molecular weight is 432 g/mol. The Bertz CT molecular complexity index is 1150. The van der Waals surface area contributed by atoms with Crippen LogP contribution in [0.25, 0.3) is 0 Å². The first-order valence-electron chi connectivity index (χ1n) is 10.2. The molecule has 8 nitrogen and oxygen atoms in total. The Morgan fingerprint density at radius 1 is 1.09 bits per heavy atom. The van der Waals surface area contributed by atoms with Crippen molar-refractivity contribution in [2.45, 2.75) is 19.4 Å². The molecule has 0 spiro atoms. The number of nitrogens with zero attached hydrogens (tertiary/aromatic N) is 4. The number of aryl methyl sites for hydroxylation is 1. The molecular formula is C24H24N4O4. The average Bonchev–Trinajstić information content (AvgIpc) is 3.42. The normalized spacial score (nSPS) is 15.4. The Morgan fingerprint density at radius 2 is 1.81 bits per heavy atom. The van der Waals surface area contributed by atoms with Crippen molar-refractivity contribution < 1.29 is 19.1 Å². The first-order valence-corrected chi connectivity index (χ1v) is 10.2. The second-order valence-corrected chi connectivity index (χ2v) is 7.49. The zero-order chi connectivity index (χ0) is 22.7. The monoisotopic (exact) mass is 432 g/mol. The first kappa shape index (κ1) is 21.3. The van der Waals surface area contributed by atoms with Crippen LogP contribution < -0.4 is 4.74 Å². The molecule has 0 saturated heterocycles. The van der Waals surface area contributed by atoms with Gasteiger partial charge in [0.2, 0.25) is 0 Å². The van der Waals surface area contributed by atoms with Crippen LogP contribution in [-0.2, 0) is 16.6 Å². The van der Waals surface area contributed by atoms with Gasteiger partial charge in [-0.2, -0.15) is 10.2 Å². The highest BCUT2D eigenvalue weighted by molar-refractivity contribution is 6.03. The van der Waals surface area contributed by atoms with Crippen molar-refractivity contribution in [2.75, 3.05) is 13.7 Å². The highest BCUT2D eigenvalue weighted by atomic mass is 16.5. The number of ether oxygens (including phenoxy) is 2. The van der Waals surface area contributed by atoms with Gasteiger partial charge in [-0.15, -0.1) is 0 Å². The summed E-state index contributed by atoms with van der Waals surface area (Å²) < 4.78 is 12.1. The number of esters is 1. The molecule has 32 heavy (non-hydrogen) atoms. The van der Waals surface area contributed by atoms with E-state index in [0.717, 1.165) is 22.6 Å². The molecular weight excluding hydrogens is 408 g/mol. The fourth-order valence-corrected chi connectivity index (χ4v) is 3.60. The van der Waals surface area contributed by atoms with Crippen LogP contribution in [0.4, 0.5) is 0 Å². The number of aromatic nitrogens is 2. The van der Waals surface area contributed by atoms with E-state index in [1.165, 1.54) is 11.2 Å². The molecule has 3 aromatic rings. The van der Waals surface area contributed by atoms with Crippen LogP contribution in [0.5, 0.6) is 5.75 Å². The molecule has 1 aliphatic rings. The van der Waals surface area contributed by atoms with Crippen LogP contribution in [0.2, 0.25) is 0 Å². The molecule has 1 aliphatic heterocycles. The van der Waals surface area contributed by atoms with E-state index in [-0.39, 0.29) is 6.04 Å². The van der Waals surface area contributed by atoms with E-state index < -0.39 is 18.5 Å². The van der Waals surface area contributed by atoms with Crippen molar-refractivity contribution in [3.63, 3.8) is 0 Å². The van der Waals surface area contributed by atoms with E-state index in [4.69, 9.17) is 9.47 Å². The summed E-state index contributed by atoms with van der Waals surface area (Å²) in [6.07, 6.45) is 1.99. The molecule has 4 rings (SSSR count). The lowest BCUT2D eigenvalue weighted by atomic mass is 9.98. The van der Waals surface area contributed by atoms with E-state index in [9.17, 15) is 9.59 Å². The molecule has 0 radical (unpaired) electrons. The summed E-state index contributed by atoms with van der Waals surface area (Å²) in [6.45, 7) is 1.35. The topological polar surface area (TPSA) is 86.0 Å². The number of amides is 1. The fraction of sp³-hybridized carbons (Fsp3) is 0.250. The van der Waals surface area contributed by atoms with Gasteiger partial charge in [-0.1, -0.05) is 42.5 Å². The molecule has 0 aliphatic carbocycles. The third-order valence-corrected chi connectivity index (χ3v) is 5.56. The molecule has 164 valence electrons. The molecule has 0 bridgehead atoms. The summed E-state index contributed by atoms with van der Waals surface area (Å²) in [5.74, 6) is -0.252. The molecule has 8 heteroatoms. The summed E-state index contributed by atoms with van der Waals surface area (Å²) in [5, 5.41) is 10.0. The van der Waals surface area contributed by atoms with Crippen LogP contribution in [-0.4, -0.2) is 46.1 Å². The van der Waals surface area contributed by atoms with E-state index in [1.54, 1.807) is 25.8 Å². The van der Waals surface area contributed by atoms with Gasteiger partial charge in [0.15, 0.2) is 6.61 Å². The zero-order valence-corrected chi connectivity index (χ0v) is 18.2. The van der Waals surface area contributed by atoms with E-state index in [2.05, 4.69) is 10.2 Å². The summed E-state index contributed by atoms with van der Waals surface area (Å²) >= 11 is 0. The first-order chi connectivity index (χ1) is 15.5. The van der Waals surface area contributed by atoms with Gasteiger partial charge in [0, 0.05) is 19.2 Å². The zero-order valence-electron chi connectivity index (χ0n) is 18.2. The Morgan fingerprint density at radius 3 is 2.44 bits per heavy atom. The molecule has 1 unspecified atom stereocenters. The lowest BCUT2D eigenvalue weighted by Crippen LogP contribution is -2.31. The summed E-state index contributed by atoms with van der Waals surface area (Å²) in [5.41, 5.74) is 3.67. The van der Waals surface area contributed by atoms with E-state index in [1.807, 2.05) is 54.6 Å². The number of rotatable bonds is 6. The maximum atomic E-state index is 13.1. The Hall–Kier alpha value is -3.94.